The van der Waals surface area contributed by atoms with Crippen LogP contribution in [0.25, 0.3) is 0 Å². The van der Waals surface area contributed by atoms with Crippen LogP contribution in [0.2, 0.25) is 5.02 Å². The zero-order chi connectivity index (χ0) is 18.8. The maximum atomic E-state index is 12.8. The summed E-state index contributed by atoms with van der Waals surface area (Å²) in [6, 6.07) is 6.77. The summed E-state index contributed by atoms with van der Waals surface area (Å²) in [7, 11) is 0. The number of benzene rings is 1. The molecule has 1 aliphatic carbocycles. The minimum absolute atomic E-state index is 0.0333. The largest absolute Gasteiger partial charge is 0.393 e. The van der Waals surface area contributed by atoms with Gasteiger partial charge in [0.2, 0.25) is 0 Å². The summed E-state index contributed by atoms with van der Waals surface area (Å²) in [5.74, 6) is -0.968. The van der Waals surface area contributed by atoms with E-state index in [1.54, 1.807) is 12.1 Å². The predicted molar refractivity (Wildman–Crippen MR) is 99.4 cm³/mol. The van der Waals surface area contributed by atoms with Crippen molar-refractivity contribution in [3.63, 3.8) is 0 Å². The molecule has 0 spiro atoms. The molecule has 138 valence electrons. The Kier molecular flexibility index (Phi) is 6.41. The topological polar surface area (TPSA) is 80.4 Å². The molecule has 1 aromatic carbocycles. The van der Waals surface area contributed by atoms with Crippen LogP contribution in [-0.2, 0) is 16.0 Å². The lowest BCUT2D eigenvalue weighted by atomic mass is 9.77. The summed E-state index contributed by atoms with van der Waals surface area (Å²) in [6.07, 6.45) is 1.04. The molecule has 1 aromatic rings. The maximum absolute atomic E-state index is 12.8. The van der Waals surface area contributed by atoms with Crippen molar-refractivity contribution >= 4 is 23.2 Å². The van der Waals surface area contributed by atoms with Gasteiger partial charge in [0.25, 0.3) is 0 Å². The molecule has 1 aliphatic rings. The van der Waals surface area contributed by atoms with Crippen molar-refractivity contribution in [1.29, 1.82) is 0 Å². The van der Waals surface area contributed by atoms with Gasteiger partial charge < -0.3 is 10.8 Å². The van der Waals surface area contributed by atoms with E-state index >= 15 is 0 Å². The molecule has 0 radical (unpaired) electrons. The van der Waals surface area contributed by atoms with Gasteiger partial charge in [-0.25, -0.2) is 0 Å². The average molecular weight is 366 g/mol. The Morgan fingerprint density at radius 3 is 2.32 bits per heavy atom. The van der Waals surface area contributed by atoms with E-state index in [1.165, 1.54) is 0 Å². The normalized spacial score (nSPS) is 25.0. The van der Waals surface area contributed by atoms with E-state index in [2.05, 4.69) is 0 Å². The molecular formula is C20H28ClNO3. The van der Waals surface area contributed by atoms with Crippen molar-refractivity contribution < 1.29 is 14.7 Å². The van der Waals surface area contributed by atoms with Crippen molar-refractivity contribution in [2.24, 2.45) is 23.0 Å². The number of aryl methyl sites for hydroxylation is 1. The molecule has 4 atom stereocenters. The molecule has 0 aromatic heterocycles. The Balaban J connectivity index is 2.03. The van der Waals surface area contributed by atoms with Crippen LogP contribution in [-0.4, -0.2) is 28.8 Å². The highest BCUT2D eigenvalue weighted by atomic mass is 35.5. The van der Waals surface area contributed by atoms with E-state index in [1.807, 2.05) is 32.9 Å². The summed E-state index contributed by atoms with van der Waals surface area (Å²) in [5.41, 5.74) is 6.78. The molecule has 4 nitrogen and oxygen atoms in total. The van der Waals surface area contributed by atoms with Crippen LogP contribution in [0.5, 0.6) is 0 Å². The van der Waals surface area contributed by atoms with Crippen molar-refractivity contribution in [3.05, 3.63) is 34.9 Å². The molecule has 0 bridgehead atoms. The van der Waals surface area contributed by atoms with Gasteiger partial charge in [0, 0.05) is 23.3 Å². The highest BCUT2D eigenvalue weighted by Crippen LogP contribution is 2.37. The van der Waals surface area contributed by atoms with E-state index in [0.29, 0.717) is 30.7 Å². The van der Waals surface area contributed by atoms with E-state index < -0.39 is 24.0 Å². The van der Waals surface area contributed by atoms with Crippen LogP contribution in [0.4, 0.5) is 0 Å². The number of halogens is 1. The fourth-order valence-electron chi connectivity index (χ4n) is 3.44. The zero-order valence-corrected chi connectivity index (χ0v) is 15.9. The van der Waals surface area contributed by atoms with Gasteiger partial charge in [-0.2, -0.15) is 0 Å². The molecule has 2 rings (SSSR count). The number of Topliss-reactive ketones (excluding diaryl/α,β-unsaturated/α-hetero) is 2. The standard InChI is InChI=1S/C20H28ClNO3/c1-20(2,3)19(22)18(25)16-11-14(23)10-15(16)17(24)9-6-12-4-7-13(21)8-5-12/h4-5,7-8,14-16,19,23H,6,9-11,22H2,1-3H3/t14-,15-,16?,19-/m1/s1. The Morgan fingerprint density at radius 2 is 1.76 bits per heavy atom. The smallest absolute Gasteiger partial charge is 0.153 e. The number of nitrogens with two attached hydrogens (primary N) is 1. The number of carbonyl (C=O) groups is 2. The lowest BCUT2D eigenvalue weighted by Gasteiger charge is -2.29. The van der Waals surface area contributed by atoms with Gasteiger partial charge >= 0.3 is 0 Å². The van der Waals surface area contributed by atoms with Crippen LogP contribution in [0.15, 0.2) is 24.3 Å². The summed E-state index contributed by atoms with van der Waals surface area (Å²) >= 11 is 5.87. The minimum Gasteiger partial charge on any atom is -0.393 e. The monoisotopic (exact) mass is 365 g/mol. The van der Waals surface area contributed by atoms with Gasteiger partial charge in [0.05, 0.1) is 12.1 Å². The van der Waals surface area contributed by atoms with E-state index in [9.17, 15) is 14.7 Å². The third-order valence-electron chi connectivity index (χ3n) is 5.13. The van der Waals surface area contributed by atoms with E-state index in [0.717, 1.165) is 5.56 Å². The second-order valence-electron chi connectivity index (χ2n) is 8.18. The predicted octanol–water partition coefficient (Wildman–Crippen LogP) is 3.17. The zero-order valence-electron chi connectivity index (χ0n) is 15.2. The number of hydrogen-bond donors (Lipinski definition) is 2. The number of rotatable bonds is 6. The third-order valence-corrected chi connectivity index (χ3v) is 5.38. The van der Waals surface area contributed by atoms with Crippen LogP contribution in [0.3, 0.4) is 0 Å². The minimum atomic E-state index is -0.630. The third kappa shape index (κ3) is 5.13. The van der Waals surface area contributed by atoms with Crippen LogP contribution >= 0.6 is 11.6 Å². The molecule has 0 saturated heterocycles. The van der Waals surface area contributed by atoms with Crippen molar-refractivity contribution in [2.45, 2.75) is 58.6 Å². The van der Waals surface area contributed by atoms with Gasteiger partial charge in [0.1, 0.15) is 5.78 Å². The van der Waals surface area contributed by atoms with Crippen molar-refractivity contribution in [2.75, 3.05) is 0 Å². The fraction of sp³-hybridized carbons (Fsp3) is 0.600. The number of aliphatic hydroxyl groups excluding tert-OH is 1. The summed E-state index contributed by atoms with van der Waals surface area (Å²) in [6.45, 7) is 5.74. The SMILES string of the molecule is CC(C)(C)[C@H](N)C(=O)C1C[C@H](O)C[C@H]1C(=O)CCc1ccc(Cl)cc1. The molecule has 1 saturated carbocycles. The van der Waals surface area contributed by atoms with Crippen molar-refractivity contribution in [1.82, 2.24) is 0 Å². The van der Waals surface area contributed by atoms with Crippen molar-refractivity contribution in [3.8, 4) is 0 Å². The lowest BCUT2D eigenvalue weighted by molar-refractivity contribution is -0.133. The fourth-order valence-corrected chi connectivity index (χ4v) is 3.57. The lowest BCUT2D eigenvalue weighted by Crippen LogP contribution is -2.46. The Hall–Kier alpha value is -1.23. The molecule has 0 amide bonds. The summed E-state index contributed by atoms with van der Waals surface area (Å²) in [4.78, 5) is 25.4. The van der Waals surface area contributed by atoms with Crippen LogP contribution in [0, 0.1) is 17.3 Å². The summed E-state index contributed by atoms with van der Waals surface area (Å²) in [5, 5.41) is 10.7. The number of aliphatic hydroxyl groups is 1. The van der Waals surface area contributed by atoms with Crippen LogP contribution in [0.1, 0.15) is 45.6 Å². The van der Waals surface area contributed by atoms with Gasteiger partial charge in [0.15, 0.2) is 5.78 Å². The van der Waals surface area contributed by atoms with E-state index in [4.69, 9.17) is 17.3 Å². The number of carbonyl (C=O) groups excluding carboxylic acids is 2. The molecule has 0 aliphatic heterocycles. The first-order valence-corrected chi connectivity index (χ1v) is 9.22. The maximum Gasteiger partial charge on any atom is 0.153 e. The first kappa shape index (κ1) is 20.1. The highest BCUT2D eigenvalue weighted by molar-refractivity contribution is 6.30. The molecule has 5 heteroatoms. The quantitative estimate of drug-likeness (QED) is 0.811. The molecular weight excluding hydrogens is 338 g/mol. The first-order valence-electron chi connectivity index (χ1n) is 8.84. The summed E-state index contributed by atoms with van der Waals surface area (Å²) < 4.78 is 0. The Bertz CT molecular complexity index is 621. The second-order valence-corrected chi connectivity index (χ2v) is 8.61. The van der Waals surface area contributed by atoms with Gasteiger partial charge in [-0.05, 0) is 42.4 Å². The Labute approximate surface area is 154 Å². The van der Waals surface area contributed by atoms with Crippen LogP contribution < -0.4 is 5.73 Å². The van der Waals surface area contributed by atoms with E-state index in [-0.39, 0.29) is 17.0 Å². The number of hydrogen-bond acceptors (Lipinski definition) is 4. The second kappa shape index (κ2) is 7.98. The molecule has 25 heavy (non-hydrogen) atoms. The molecule has 1 fully saturated rings. The first-order chi connectivity index (χ1) is 11.6. The average Bonchev–Trinajstić information content (AvgIpc) is 2.93. The molecule has 1 unspecified atom stereocenters. The van der Waals surface area contributed by atoms with Gasteiger partial charge in [-0.3, -0.25) is 9.59 Å². The Morgan fingerprint density at radius 1 is 1.20 bits per heavy atom. The van der Waals surface area contributed by atoms with Gasteiger partial charge in [-0.15, -0.1) is 0 Å². The highest BCUT2D eigenvalue weighted by Gasteiger charge is 2.44. The molecule has 3 N–H and O–H groups in total. The number of ketones is 2. The van der Waals surface area contributed by atoms with Gasteiger partial charge in [-0.1, -0.05) is 44.5 Å². The molecule has 0 heterocycles.